The molecule has 0 saturated carbocycles. The number of carbonyl (C=O) groups is 1. The fourth-order valence-corrected chi connectivity index (χ4v) is 1.39. The van der Waals surface area contributed by atoms with Crippen LogP contribution in [0.5, 0.6) is 0 Å². The average Bonchev–Trinajstić information content (AvgIpc) is 2.85. The molecule has 0 atom stereocenters. The fourth-order valence-electron chi connectivity index (χ4n) is 1.39. The van der Waals surface area contributed by atoms with Crippen LogP contribution < -0.4 is 0 Å². The van der Waals surface area contributed by atoms with Gasteiger partial charge in [0.2, 0.25) is 0 Å². The Morgan fingerprint density at radius 3 is 2.25 bits per heavy atom. The first-order valence-corrected chi connectivity index (χ1v) is 6.70. The molecule has 0 N–H and O–H groups in total. The molecule has 1 heterocycles. The van der Waals surface area contributed by atoms with Crippen molar-refractivity contribution in [1.82, 2.24) is 5.01 Å². The minimum atomic E-state index is -0.0359. The van der Waals surface area contributed by atoms with Crippen molar-refractivity contribution in [3.63, 3.8) is 0 Å². The van der Waals surface area contributed by atoms with Crippen molar-refractivity contribution >= 4 is 23.0 Å². The zero-order valence-electron chi connectivity index (χ0n) is 13.2. The van der Waals surface area contributed by atoms with Crippen LogP contribution in [0.2, 0.25) is 0 Å². The van der Waals surface area contributed by atoms with Gasteiger partial charge in [-0.1, -0.05) is 32.0 Å². The predicted octanol–water partition coefficient (Wildman–Crippen LogP) is 4.22. The zero-order valence-corrected chi connectivity index (χ0v) is 13.2. The summed E-state index contributed by atoms with van der Waals surface area (Å²) in [7, 11) is 3.78. The Balaban J connectivity index is 0.000000387. The van der Waals surface area contributed by atoms with Gasteiger partial charge in [0.25, 0.3) is 0 Å². The maximum Gasteiger partial charge on any atom is 0.194 e. The fraction of sp³-hybridized carbons (Fsp3) is 0.375. The van der Waals surface area contributed by atoms with E-state index in [2.05, 4.69) is 5.10 Å². The number of hydrogen-bond donors (Lipinski definition) is 0. The van der Waals surface area contributed by atoms with Crippen LogP contribution in [0.15, 0.2) is 39.9 Å². The van der Waals surface area contributed by atoms with Crippen LogP contribution in [0.3, 0.4) is 0 Å². The number of ketones is 1. The molecule has 0 spiro atoms. The summed E-state index contributed by atoms with van der Waals surface area (Å²) >= 11 is 0. The molecule has 0 bridgehead atoms. The lowest BCUT2D eigenvalue weighted by Crippen LogP contribution is -2.00. The predicted molar refractivity (Wildman–Crippen MR) is 85.4 cm³/mol. The molecule has 0 unspecified atom stereocenters. The SMILES string of the molecule is C/C=N\N(C)C.CC.CC(=O)c1cc2ccccc2o1. The normalized spacial score (nSPS) is 9.50. The number of furan rings is 1. The van der Waals surface area contributed by atoms with Crippen molar-refractivity contribution in [3.05, 3.63) is 36.1 Å². The summed E-state index contributed by atoms with van der Waals surface area (Å²) in [4.78, 5) is 10.9. The first kappa shape index (κ1) is 17.9. The van der Waals surface area contributed by atoms with Crippen molar-refractivity contribution in [2.24, 2.45) is 5.10 Å². The topological polar surface area (TPSA) is 45.8 Å². The number of rotatable bonds is 2. The number of hydrazone groups is 1. The molecule has 0 radical (unpaired) electrons. The quantitative estimate of drug-likeness (QED) is 0.469. The summed E-state index contributed by atoms with van der Waals surface area (Å²) in [6, 6.07) is 9.34. The van der Waals surface area contributed by atoms with Crippen molar-refractivity contribution in [1.29, 1.82) is 0 Å². The Labute approximate surface area is 121 Å². The van der Waals surface area contributed by atoms with Gasteiger partial charge in [-0.3, -0.25) is 4.79 Å². The van der Waals surface area contributed by atoms with Crippen LogP contribution in [-0.4, -0.2) is 31.1 Å². The van der Waals surface area contributed by atoms with Gasteiger partial charge in [0.15, 0.2) is 11.5 Å². The Morgan fingerprint density at radius 1 is 1.25 bits per heavy atom. The Hall–Kier alpha value is -2.10. The average molecular weight is 276 g/mol. The Kier molecular flexibility index (Phi) is 8.75. The van der Waals surface area contributed by atoms with E-state index in [0.717, 1.165) is 11.0 Å². The van der Waals surface area contributed by atoms with Crippen molar-refractivity contribution < 1.29 is 9.21 Å². The molecule has 0 aliphatic rings. The molecular weight excluding hydrogens is 252 g/mol. The van der Waals surface area contributed by atoms with E-state index in [0.29, 0.717) is 5.76 Å². The van der Waals surface area contributed by atoms with Crippen LogP contribution in [0.4, 0.5) is 0 Å². The number of benzene rings is 1. The van der Waals surface area contributed by atoms with Crippen LogP contribution in [0.25, 0.3) is 11.0 Å². The molecule has 0 aliphatic heterocycles. The van der Waals surface area contributed by atoms with E-state index >= 15 is 0 Å². The maximum atomic E-state index is 10.9. The lowest BCUT2D eigenvalue weighted by Gasteiger charge is -1.98. The molecule has 4 nitrogen and oxygen atoms in total. The van der Waals surface area contributed by atoms with E-state index in [1.807, 2.05) is 59.1 Å². The largest absolute Gasteiger partial charge is 0.453 e. The van der Waals surface area contributed by atoms with Gasteiger partial charge >= 0.3 is 0 Å². The summed E-state index contributed by atoms with van der Waals surface area (Å²) in [5, 5.41) is 6.56. The van der Waals surface area contributed by atoms with E-state index in [9.17, 15) is 4.79 Å². The molecule has 0 aliphatic carbocycles. The van der Waals surface area contributed by atoms with E-state index in [4.69, 9.17) is 4.42 Å². The first-order chi connectivity index (χ1) is 9.54. The van der Waals surface area contributed by atoms with Crippen LogP contribution in [-0.2, 0) is 0 Å². The van der Waals surface area contributed by atoms with E-state index < -0.39 is 0 Å². The molecule has 110 valence electrons. The van der Waals surface area contributed by atoms with E-state index in [1.54, 1.807) is 17.3 Å². The second kappa shape index (κ2) is 9.78. The van der Waals surface area contributed by atoms with Gasteiger partial charge in [-0.2, -0.15) is 5.10 Å². The Bertz CT molecular complexity index is 509. The van der Waals surface area contributed by atoms with Gasteiger partial charge in [-0.25, -0.2) is 0 Å². The highest BCUT2D eigenvalue weighted by molar-refractivity contribution is 5.95. The number of nitrogens with zero attached hydrogens (tertiary/aromatic N) is 2. The summed E-state index contributed by atoms with van der Waals surface area (Å²) in [6.07, 6.45) is 1.75. The van der Waals surface area contributed by atoms with Gasteiger partial charge < -0.3 is 9.43 Å². The lowest BCUT2D eigenvalue weighted by atomic mass is 10.2. The molecule has 2 rings (SSSR count). The molecule has 2 aromatic rings. The van der Waals surface area contributed by atoms with E-state index in [-0.39, 0.29) is 5.78 Å². The molecule has 0 amide bonds. The van der Waals surface area contributed by atoms with Crippen LogP contribution >= 0.6 is 0 Å². The van der Waals surface area contributed by atoms with Gasteiger partial charge in [0, 0.05) is 32.6 Å². The number of para-hydroxylation sites is 1. The molecular formula is C16H24N2O2. The number of carbonyl (C=O) groups excluding carboxylic acids is 1. The highest BCUT2D eigenvalue weighted by Gasteiger charge is 2.05. The molecule has 1 aromatic heterocycles. The maximum absolute atomic E-state index is 10.9. The Morgan fingerprint density at radius 2 is 1.85 bits per heavy atom. The third-order valence-corrected chi connectivity index (χ3v) is 2.12. The van der Waals surface area contributed by atoms with Crippen LogP contribution in [0, 0.1) is 0 Å². The van der Waals surface area contributed by atoms with Gasteiger partial charge in [0.1, 0.15) is 5.58 Å². The molecule has 4 heteroatoms. The summed E-state index contributed by atoms with van der Waals surface area (Å²) in [6.45, 7) is 7.39. The molecule has 1 aromatic carbocycles. The monoisotopic (exact) mass is 276 g/mol. The minimum Gasteiger partial charge on any atom is -0.453 e. The number of hydrogen-bond acceptors (Lipinski definition) is 4. The lowest BCUT2D eigenvalue weighted by molar-refractivity contribution is 0.0989. The van der Waals surface area contributed by atoms with E-state index in [1.165, 1.54) is 6.92 Å². The number of Topliss-reactive ketones (excluding diaryl/α,β-unsaturated/α-hetero) is 1. The van der Waals surface area contributed by atoms with Gasteiger partial charge in [-0.05, 0) is 19.1 Å². The standard InChI is InChI=1S/C10H8O2.C4H10N2.C2H6/c1-7(11)10-6-8-4-2-3-5-9(8)12-10;1-4-5-6(2)3;1-2/h2-6H,1H3;4H,1-3H3;1-2H3/b;5-4-;. The highest BCUT2D eigenvalue weighted by atomic mass is 16.3. The summed E-state index contributed by atoms with van der Waals surface area (Å²) in [5.74, 6) is 0.391. The first-order valence-electron chi connectivity index (χ1n) is 6.70. The van der Waals surface area contributed by atoms with Crippen molar-refractivity contribution in [3.8, 4) is 0 Å². The highest BCUT2D eigenvalue weighted by Crippen LogP contribution is 2.18. The van der Waals surface area contributed by atoms with Gasteiger partial charge in [0.05, 0.1) is 0 Å². The van der Waals surface area contributed by atoms with Gasteiger partial charge in [-0.15, -0.1) is 0 Å². The summed E-state index contributed by atoms with van der Waals surface area (Å²) in [5.41, 5.74) is 0.766. The second-order valence-corrected chi connectivity index (χ2v) is 3.93. The molecule has 0 fully saturated rings. The minimum absolute atomic E-state index is 0.0359. The number of fused-ring (bicyclic) bond motifs is 1. The zero-order chi connectivity index (χ0) is 15.5. The summed E-state index contributed by atoms with van der Waals surface area (Å²) < 4.78 is 5.28. The van der Waals surface area contributed by atoms with Crippen molar-refractivity contribution in [2.45, 2.75) is 27.7 Å². The van der Waals surface area contributed by atoms with Crippen LogP contribution in [0.1, 0.15) is 38.2 Å². The third kappa shape index (κ3) is 6.18. The third-order valence-electron chi connectivity index (χ3n) is 2.12. The second-order valence-electron chi connectivity index (χ2n) is 3.93. The molecule has 20 heavy (non-hydrogen) atoms. The van der Waals surface area contributed by atoms with Crippen molar-refractivity contribution in [2.75, 3.05) is 14.1 Å². The molecule has 0 saturated heterocycles. The smallest absolute Gasteiger partial charge is 0.194 e.